The van der Waals surface area contributed by atoms with Crippen LogP contribution in [0.5, 0.6) is 0 Å². The van der Waals surface area contributed by atoms with E-state index >= 15 is 0 Å². The Balaban J connectivity index is 1.64. The number of hydrogen-bond donors (Lipinski definition) is 2. The standard InChI is InChI=1S/C18H24N4O2/c1-12-4-5-14(8-13(12)2)19-18(24)10-22-7-6-17-15(9-22)16(11-23)20-21(17)3/h4-5,8,23H,6-7,9-11H2,1-3H3,(H,19,24). The number of aryl methyl sites for hydroxylation is 3. The molecule has 3 rings (SSSR count). The van der Waals surface area contributed by atoms with E-state index in [2.05, 4.69) is 22.2 Å². The van der Waals surface area contributed by atoms with E-state index < -0.39 is 0 Å². The van der Waals surface area contributed by atoms with Crippen LogP contribution >= 0.6 is 0 Å². The van der Waals surface area contributed by atoms with Crippen LogP contribution in [0.15, 0.2) is 18.2 Å². The zero-order valence-electron chi connectivity index (χ0n) is 14.5. The Bertz CT molecular complexity index is 767. The van der Waals surface area contributed by atoms with Crippen LogP contribution < -0.4 is 5.32 Å². The molecule has 0 fully saturated rings. The summed E-state index contributed by atoms with van der Waals surface area (Å²) >= 11 is 0. The van der Waals surface area contributed by atoms with E-state index in [-0.39, 0.29) is 12.5 Å². The van der Waals surface area contributed by atoms with Crippen molar-refractivity contribution in [2.24, 2.45) is 7.05 Å². The molecular formula is C18H24N4O2. The maximum Gasteiger partial charge on any atom is 0.238 e. The highest BCUT2D eigenvalue weighted by atomic mass is 16.3. The van der Waals surface area contributed by atoms with Gasteiger partial charge < -0.3 is 10.4 Å². The fourth-order valence-corrected chi connectivity index (χ4v) is 3.21. The van der Waals surface area contributed by atoms with Crippen molar-refractivity contribution in [3.8, 4) is 0 Å². The summed E-state index contributed by atoms with van der Waals surface area (Å²) in [6.45, 7) is 5.84. The minimum Gasteiger partial charge on any atom is -0.390 e. The molecule has 24 heavy (non-hydrogen) atoms. The number of rotatable bonds is 4. The summed E-state index contributed by atoms with van der Waals surface area (Å²) in [7, 11) is 1.90. The second-order valence-electron chi connectivity index (χ2n) is 6.46. The molecule has 0 radical (unpaired) electrons. The van der Waals surface area contributed by atoms with E-state index in [9.17, 15) is 9.90 Å². The van der Waals surface area contributed by atoms with Gasteiger partial charge in [0.2, 0.25) is 5.91 Å². The number of carbonyl (C=O) groups is 1. The number of hydrogen-bond acceptors (Lipinski definition) is 4. The minimum absolute atomic E-state index is 0.0175. The first-order valence-electron chi connectivity index (χ1n) is 8.22. The molecule has 2 heterocycles. The number of nitrogens with one attached hydrogen (secondary N) is 1. The molecule has 128 valence electrons. The topological polar surface area (TPSA) is 70.4 Å². The van der Waals surface area contributed by atoms with E-state index in [1.807, 2.05) is 36.9 Å². The van der Waals surface area contributed by atoms with Crippen LogP contribution in [0, 0.1) is 13.8 Å². The Morgan fingerprint density at radius 1 is 1.33 bits per heavy atom. The number of benzene rings is 1. The van der Waals surface area contributed by atoms with Gasteiger partial charge in [-0.3, -0.25) is 14.4 Å². The summed E-state index contributed by atoms with van der Waals surface area (Å²) in [6.07, 6.45) is 0.843. The van der Waals surface area contributed by atoms with Gasteiger partial charge >= 0.3 is 0 Å². The Labute approximate surface area is 142 Å². The minimum atomic E-state index is -0.0636. The van der Waals surface area contributed by atoms with E-state index in [1.54, 1.807) is 0 Å². The first-order chi connectivity index (χ1) is 11.5. The summed E-state index contributed by atoms with van der Waals surface area (Å²) in [6, 6.07) is 5.94. The summed E-state index contributed by atoms with van der Waals surface area (Å²) in [5.74, 6) is -0.0175. The lowest BCUT2D eigenvalue weighted by atomic mass is 10.1. The number of fused-ring (bicyclic) bond motifs is 1. The van der Waals surface area contributed by atoms with Crippen molar-refractivity contribution in [2.45, 2.75) is 33.4 Å². The highest BCUT2D eigenvalue weighted by molar-refractivity contribution is 5.92. The summed E-state index contributed by atoms with van der Waals surface area (Å²) in [5, 5.41) is 16.8. The molecule has 1 aliphatic rings. The first kappa shape index (κ1) is 16.7. The predicted octanol–water partition coefficient (Wildman–Crippen LogP) is 1.53. The molecular weight excluding hydrogens is 304 g/mol. The lowest BCUT2D eigenvalue weighted by molar-refractivity contribution is -0.117. The van der Waals surface area contributed by atoms with Gasteiger partial charge in [0.25, 0.3) is 0 Å². The third kappa shape index (κ3) is 3.34. The van der Waals surface area contributed by atoms with Gasteiger partial charge in [-0.05, 0) is 37.1 Å². The smallest absolute Gasteiger partial charge is 0.238 e. The fourth-order valence-electron chi connectivity index (χ4n) is 3.21. The van der Waals surface area contributed by atoms with Gasteiger partial charge in [0.05, 0.1) is 18.8 Å². The van der Waals surface area contributed by atoms with E-state index in [0.717, 1.165) is 29.9 Å². The predicted molar refractivity (Wildman–Crippen MR) is 92.7 cm³/mol. The molecule has 0 bridgehead atoms. The highest BCUT2D eigenvalue weighted by Gasteiger charge is 2.24. The second-order valence-corrected chi connectivity index (χ2v) is 6.46. The number of anilines is 1. The average molecular weight is 328 g/mol. The number of aliphatic hydroxyl groups excluding tert-OH is 1. The van der Waals surface area contributed by atoms with Gasteiger partial charge in [-0.2, -0.15) is 5.10 Å². The molecule has 0 saturated heterocycles. The molecule has 0 saturated carbocycles. The number of nitrogens with zero attached hydrogens (tertiary/aromatic N) is 3. The number of carbonyl (C=O) groups excluding carboxylic acids is 1. The van der Waals surface area contributed by atoms with Gasteiger partial charge in [-0.1, -0.05) is 6.07 Å². The van der Waals surface area contributed by atoms with E-state index in [0.29, 0.717) is 18.8 Å². The van der Waals surface area contributed by atoms with Crippen molar-refractivity contribution < 1.29 is 9.90 Å². The SMILES string of the molecule is Cc1ccc(NC(=O)CN2CCc3c(c(CO)nn3C)C2)cc1C. The summed E-state index contributed by atoms with van der Waals surface area (Å²) in [5.41, 5.74) is 6.14. The van der Waals surface area contributed by atoms with Crippen LogP contribution in [0.2, 0.25) is 0 Å². The molecule has 0 atom stereocenters. The van der Waals surface area contributed by atoms with Crippen molar-refractivity contribution in [1.29, 1.82) is 0 Å². The maximum atomic E-state index is 12.3. The molecule has 2 N–H and O–H groups in total. The molecule has 1 aromatic carbocycles. The van der Waals surface area contributed by atoms with Crippen molar-refractivity contribution in [3.63, 3.8) is 0 Å². The van der Waals surface area contributed by atoms with Crippen molar-refractivity contribution in [2.75, 3.05) is 18.4 Å². The molecule has 6 nitrogen and oxygen atoms in total. The van der Waals surface area contributed by atoms with Crippen LogP contribution in [0.25, 0.3) is 0 Å². The number of aromatic nitrogens is 2. The molecule has 1 aromatic heterocycles. The molecule has 2 aromatic rings. The Kier molecular flexibility index (Phi) is 4.69. The number of aliphatic hydroxyl groups is 1. The molecule has 1 aliphatic heterocycles. The Hall–Kier alpha value is -2.18. The first-order valence-corrected chi connectivity index (χ1v) is 8.22. The quantitative estimate of drug-likeness (QED) is 0.893. The molecule has 6 heteroatoms. The van der Waals surface area contributed by atoms with Crippen LogP contribution in [-0.2, 0) is 31.4 Å². The fraction of sp³-hybridized carbons (Fsp3) is 0.444. The van der Waals surface area contributed by atoms with E-state index in [1.165, 1.54) is 11.1 Å². The van der Waals surface area contributed by atoms with Crippen LogP contribution in [0.1, 0.15) is 28.1 Å². The molecule has 0 aliphatic carbocycles. The largest absolute Gasteiger partial charge is 0.390 e. The zero-order chi connectivity index (χ0) is 17.3. The van der Waals surface area contributed by atoms with Crippen molar-refractivity contribution in [1.82, 2.24) is 14.7 Å². The lowest BCUT2D eigenvalue weighted by Crippen LogP contribution is -2.37. The second kappa shape index (κ2) is 6.75. The third-order valence-corrected chi connectivity index (χ3v) is 4.71. The average Bonchev–Trinajstić information content (AvgIpc) is 2.86. The number of amides is 1. The van der Waals surface area contributed by atoms with Crippen LogP contribution in [0.4, 0.5) is 5.69 Å². The van der Waals surface area contributed by atoms with Gasteiger partial charge in [0, 0.05) is 43.5 Å². The summed E-state index contributed by atoms with van der Waals surface area (Å²) in [4.78, 5) is 14.4. The monoisotopic (exact) mass is 328 g/mol. The summed E-state index contributed by atoms with van der Waals surface area (Å²) < 4.78 is 1.84. The van der Waals surface area contributed by atoms with E-state index in [4.69, 9.17) is 0 Å². The maximum absolute atomic E-state index is 12.3. The molecule has 1 amide bonds. The zero-order valence-corrected chi connectivity index (χ0v) is 14.5. The van der Waals surface area contributed by atoms with Gasteiger partial charge in [-0.25, -0.2) is 0 Å². The van der Waals surface area contributed by atoms with Crippen LogP contribution in [0.3, 0.4) is 0 Å². The van der Waals surface area contributed by atoms with Crippen molar-refractivity contribution in [3.05, 3.63) is 46.3 Å². The highest BCUT2D eigenvalue weighted by Crippen LogP contribution is 2.22. The van der Waals surface area contributed by atoms with Gasteiger partial charge in [0.1, 0.15) is 0 Å². The normalized spacial score (nSPS) is 14.5. The van der Waals surface area contributed by atoms with Gasteiger partial charge in [-0.15, -0.1) is 0 Å². The molecule has 0 unspecified atom stereocenters. The Morgan fingerprint density at radius 3 is 2.83 bits per heavy atom. The Morgan fingerprint density at radius 2 is 2.12 bits per heavy atom. The lowest BCUT2D eigenvalue weighted by Gasteiger charge is -2.26. The molecule has 0 spiro atoms. The van der Waals surface area contributed by atoms with Gasteiger partial charge in [0.15, 0.2) is 0 Å². The van der Waals surface area contributed by atoms with Crippen LogP contribution in [-0.4, -0.2) is 38.8 Å². The third-order valence-electron chi connectivity index (χ3n) is 4.71. The van der Waals surface area contributed by atoms with Crippen molar-refractivity contribution >= 4 is 11.6 Å².